The standard InChI is InChI=1S/C15H19N3S/c16-13-10-17-14-4-2-1-3-12(14)15(13)18-9-11-5-7-19-8-6-11/h1-4,10-11H,5-9,16H2,(H,17,18). The molecule has 1 aliphatic heterocycles. The Kier molecular flexibility index (Phi) is 3.78. The summed E-state index contributed by atoms with van der Waals surface area (Å²) < 4.78 is 0. The van der Waals surface area contributed by atoms with Gasteiger partial charge in [0.25, 0.3) is 0 Å². The Hall–Kier alpha value is -1.42. The van der Waals surface area contributed by atoms with E-state index in [4.69, 9.17) is 5.73 Å². The molecule has 2 aromatic rings. The van der Waals surface area contributed by atoms with Crippen LogP contribution in [0.2, 0.25) is 0 Å². The minimum atomic E-state index is 0.740. The van der Waals surface area contributed by atoms with Crippen molar-refractivity contribution in [2.24, 2.45) is 5.92 Å². The largest absolute Gasteiger partial charge is 0.396 e. The molecule has 0 amide bonds. The zero-order chi connectivity index (χ0) is 13.1. The monoisotopic (exact) mass is 273 g/mol. The molecule has 1 aliphatic rings. The van der Waals surface area contributed by atoms with Gasteiger partial charge in [0.2, 0.25) is 0 Å². The van der Waals surface area contributed by atoms with E-state index < -0.39 is 0 Å². The van der Waals surface area contributed by atoms with Gasteiger partial charge < -0.3 is 11.1 Å². The SMILES string of the molecule is Nc1cnc2ccccc2c1NCC1CCSCC1. The van der Waals surface area contributed by atoms with Crippen LogP contribution in [-0.4, -0.2) is 23.0 Å². The molecule has 0 atom stereocenters. The van der Waals surface area contributed by atoms with Crippen LogP contribution in [0.5, 0.6) is 0 Å². The van der Waals surface area contributed by atoms with Gasteiger partial charge in [-0.05, 0) is 36.3 Å². The summed E-state index contributed by atoms with van der Waals surface area (Å²) in [5, 5.41) is 4.67. The van der Waals surface area contributed by atoms with E-state index in [1.54, 1.807) is 6.20 Å². The van der Waals surface area contributed by atoms with Gasteiger partial charge in [-0.15, -0.1) is 0 Å². The molecule has 100 valence electrons. The summed E-state index contributed by atoms with van der Waals surface area (Å²) in [5.74, 6) is 3.35. The molecule has 3 N–H and O–H groups in total. The first kappa shape index (κ1) is 12.6. The molecule has 4 heteroatoms. The molecule has 0 spiro atoms. The van der Waals surface area contributed by atoms with Crippen molar-refractivity contribution >= 4 is 34.0 Å². The van der Waals surface area contributed by atoms with Crippen LogP contribution >= 0.6 is 11.8 Å². The topological polar surface area (TPSA) is 50.9 Å². The van der Waals surface area contributed by atoms with Crippen molar-refractivity contribution in [3.05, 3.63) is 30.5 Å². The fourth-order valence-corrected chi connectivity index (χ4v) is 3.76. The highest BCUT2D eigenvalue weighted by Crippen LogP contribution is 2.29. The van der Waals surface area contributed by atoms with E-state index >= 15 is 0 Å². The van der Waals surface area contributed by atoms with Gasteiger partial charge in [-0.1, -0.05) is 18.2 Å². The summed E-state index contributed by atoms with van der Waals surface area (Å²) in [5.41, 5.74) is 8.86. The Morgan fingerprint density at radius 2 is 2.05 bits per heavy atom. The van der Waals surface area contributed by atoms with Crippen molar-refractivity contribution < 1.29 is 0 Å². The summed E-state index contributed by atoms with van der Waals surface area (Å²) >= 11 is 2.06. The Morgan fingerprint density at radius 3 is 2.89 bits per heavy atom. The third kappa shape index (κ3) is 2.78. The third-order valence-corrected chi connectivity index (χ3v) is 4.76. The number of pyridine rings is 1. The van der Waals surface area contributed by atoms with E-state index in [1.807, 2.05) is 18.2 Å². The maximum atomic E-state index is 6.07. The van der Waals surface area contributed by atoms with Crippen LogP contribution in [0.4, 0.5) is 11.4 Å². The maximum absolute atomic E-state index is 6.07. The smallest absolute Gasteiger partial charge is 0.0743 e. The first-order valence-electron chi connectivity index (χ1n) is 6.79. The molecule has 3 nitrogen and oxygen atoms in total. The molecule has 2 heterocycles. The molecule has 0 bridgehead atoms. The van der Waals surface area contributed by atoms with Crippen LogP contribution in [0, 0.1) is 5.92 Å². The number of nitrogen functional groups attached to an aromatic ring is 1. The van der Waals surface area contributed by atoms with Gasteiger partial charge in [0.15, 0.2) is 0 Å². The molecule has 3 rings (SSSR count). The van der Waals surface area contributed by atoms with Gasteiger partial charge in [-0.2, -0.15) is 11.8 Å². The number of hydrogen-bond donors (Lipinski definition) is 2. The molecule has 0 saturated carbocycles. The molecule has 1 saturated heterocycles. The van der Waals surface area contributed by atoms with Crippen LogP contribution in [0.3, 0.4) is 0 Å². The summed E-state index contributed by atoms with van der Waals surface area (Å²) in [6, 6.07) is 8.15. The summed E-state index contributed by atoms with van der Waals surface area (Å²) in [6.07, 6.45) is 4.36. The first-order valence-corrected chi connectivity index (χ1v) is 7.95. The predicted molar refractivity (Wildman–Crippen MR) is 84.7 cm³/mol. The van der Waals surface area contributed by atoms with Crippen molar-refractivity contribution in [3.8, 4) is 0 Å². The second-order valence-electron chi connectivity index (χ2n) is 5.04. The van der Waals surface area contributed by atoms with Crippen molar-refractivity contribution in [2.75, 3.05) is 29.1 Å². The normalized spacial score (nSPS) is 16.6. The number of nitrogens with two attached hydrogens (primary N) is 1. The zero-order valence-corrected chi connectivity index (χ0v) is 11.7. The van der Waals surface area contributed by atoms with Crippen LogP contribution in [0.15, 0.2) is 30.5 Å². The van der Waals surface area contributed by atoms with Crippen molar-refractivity contribution in [1.82, 2.24) is 4.98 Å². The van der Waals surface area contributed by atoms with Crippen molar-refractivity contribution in [3.63, 3.8) is 0 Å². The Labute approximate surface area is 118 Å². The molecular formula is C15H19N3S. The molecule has 0 aliphatic carbocycles. The van der Waals surface area contributed by atoms with Crippen LogP contribution < -0.4 is 11.1 Å². The lowest BCUT2D eigenvalue weighted by Gasteiger charge is -2.23. The van der Waals surface area contributed by atoms with Crippen molar-refractivity contribution in [1.29, 1.82) is 0 Å². The molecule has 1 fully saturated rings. The molecule has 19 heavy (non-hydrogen) atoms. The number of hydrogen-bond acceptors (Lipinski definition) is 4. The predicted octanol–water partition coefficient (Wildman–Crippen LogP) is 3.37. The van der Waals surface area contributed by atoms with Gasteiger partial charge in [-0.3, -0.25) is 4.98 Å². The fraction of sp³-hybridized carbons (Fsp3) is 0.400. The molecule has 1 aromatic heterocycles. The minimum Gasteiger partial charge on any atom is -0.396 e. The van der Waals surface area contributed by atoms with Gasteiger partial charge in [0, 0.05) is 11.9 Å². The van der Waals surface area contributed by atoms with E-state index in [2.05, 4.69) is 28.1 Å². The summed E-state index contributed by atoms with van der Waals surface area (Å²) in [7, 11) is 0. The van der Waals surface area contributed by atoms with Gasteiger partial charge in [0.1, 0.15) is 0 Å². The number of para-hydroxylation sites is 1. The lowest BCUT2D eigenvalue weighted by Crippen LogP contribution is -2.19. The number of rotatable bonds is 3. The first-order chi connectivity index (χ1) is 9.34. The number of aromatic nitrogens is 1. The van der Waals surface area contributed by atoms with E-state index in [0.29, 0.717) is 0 Å². The van der Waals surface area contributed by atoms with Gasteiger partial charge in [0.05, 0.1) is 23.1 Å². The van der Waals surface area contributed by atoms with E-state index in [0.717, 1.165) is 34.7 Å². The highest BCUT2D eigenvalue weighted by molar-refractivity contribution is 7.99. The second kappa shape index (κ2) is 5.70. The quantitative estimate of drug-likeness (QED) is 0.900. The Balaban J connectivity index is 1.81. The molecule has 0 unspecified atom stereocenters. The Bertz CT molecular complexity index is 564. The maximum Gasteiger partial charge on any atom is 0.0743 e. The minimum absolute atomic E-state index is 0.740. The van der Waals surface area contributed by atoms with E-state index in [1.165, 1.54) is 24.3 Å². The van der Waals surface area contributed by atoms with Gasteiger partial charge in [-0.25, -0.2) is 0 Å². The van der Waals surface area contributed by atoms with E-state index in [-0.39, 0.29) is 0 Å². The lowest BCUT2D eigenvalue weighted by molar-refractivity contribution is 0.516. The molecular weight excluding hydrogens is 254 g/mol. The second-order valence-corrected chi connectivity index (χ2v) is 6.27. The average molecular weight is 273 g/mol. The van der Waals surface area contributed by atoms with Crippen molar-refractivity contribution in [2.45, 2.75) is 12.8 Å². The fourth-order valence-electron chi connectivity index (χ4n) is 2.55. The average Bonchev–Trinajstić information content (AvgIpc) is 2.47. The number of anilines is 2. The Morgan fingerprint density at radius 1 is 1.26 bits per heavy atom. The number of thioether (sulfide) groups is 1. The number of fused-ring (bicyclic) bond motifs is 1. The molecule has 0 radical (unpaired) electrons. The number of nitrogens with zero attached hydrogens (tertiary/aromatic N) is 1. The zero-order valence-electron chi connectivity index (χ0n) is 10.9. The third-order valence-electron chi connectivity index (χ3n) is 3.71. The van der Waals surface area contributed by atoms with Crippen LogP contribution in [0.1, 0.15) is 12.8 Å². The van der Waals surface area contributed by atoms with E-state index in [9.17, 15) is 0 Å². The van der Waals surface area contributed by atoms with Crippen LogP contribution in [-0.2, 0) is 0 Å². The highest BCUT2D eigenvalue weighted by atomic mass is 32.2. The lowest BCUT2D eigenvalue weighted by atomic mass is 10.0. The van der Waals surface area contributed by atoms with Crippen LogP contribution in [0.25, 0.3) is 10.9 Å². The summed E-state index contributed by atoms with van der Waals surface area (Å²) in [6.45, 7) is 1.01. The number of nitrogens with one attached hydrogen (secondary N) is 1. The highest BCUT2D eigenvalue weighted by Gasteiger charge is 2.14. The number of benzene rings is 1. The summed E-state index contributed by atoms with van der Waals surface area (Å²) in [4.78, 5) is 4.37. The van der Waals surface area contributed by atoms with Gasteiger partial charge >= 0.3 is 0 Å². The molecule has 1 aromatic carbocycles.